The number of halogens is 1. The van der Waals surface area contributed by atoms with Crippen LogP contribution in [0.1, 0.15) is 11.3 Å². The van der Waals surface area contributed by atoms with Crippen LogP contribution in [-0.2, 0) is 7.05 Å². The van der Waals surface area contributed by atoms with Crippen LogP contribution >= 0.6 is 0 Å². The van der Waals surface area contributed by atoms with Gasteiger partial charge in [-0.2, -0.15) is 5.10 Å². The molecule has 0 radical (unpaired) electrons. The van der Waals surface area contributed by atoms with Gasteiger partial charge in [0.25, 0.3) is 0 Å². The van der Waals surface area contributed by atoms with Crippen molar-refractivity contribution >= 4 is 16.7 Å². The zero-order valence-corrected chi connectivity index (χ0v) is 11.1. The summed E-state index contributed by atoms with van der Waals surface area (Å²) in [4.78, 5) is 3.06. The number of nitrogens with one attached hydrogen (secondary N) is 1. The van der Waals surface area contributed by atoms with E-state index in [2.05, 4.69) is 10.1 Å². The average molecular weight is 258 g/mol. The van der Waals surface area contributed by atoms with Crippen molar-refractivity contribution in [3.8, 4) is 11.3 Å². The number of aromatic nitrogens is 3. The number of anilines is 1. The maximum Gasteiger partial charge on any atom is 0.147 e. The number of nitrogens with zero attached hydrogens (tertiary/aromatic N) is 2. The lowest BCUT2D eigenvalue weighted by atomic mass is 10.1. The van der Waals surface area contributed by atoms with Crippen LogP contribution in [0, 0.1) is 19.7 Å². The molecule has 0 amide bonds. The summed E-state index contributed by atoms with van der Waals surface area (Å²) in [5.41, 5.74) is 9.76. The van der Waals surface area contributed by atoms with Crippen LogP contribution in [0.5, 0.6) is 0 Å². The maximum atomic E-state index is 14.1. The Labute approximate surface area is 110 Å². The number of aromatic amines is 1. The molecule has 3 N–H and O–H groups in total. The number of aryl methyl sites for hydroxylation is 3. The van der Waals surface area contributed by atoms with E-state index >= 15 is 0 Å². The van der Waals surface area contributed by atoms with Gasteiger partial charge in [-0.25, -0.2) is 4.39 Å². The minimum Gasteiger partial charge on any atom is -0.384 e. The first kappa shape index (κ1) is 11.8. The van der Waals surface area contributed by atoms with Gasteiger partial charge >= 0.3 is 0 Å². The highest BCUT2D eigenvalue weighted by molar-refractivity contribution is 5.89. The molecule has 0 unspecified atom stereocenters. The van der Waals surface area contributed by atoms with E-state index in [4.69, 9.17) is 5.73 Å². The van der Waals surface area contributed by atoms with E-state index in [-0.39, 0.29) is 5.82 Å². The molecule has 3 rings (SSSR count). The average Bonchev–Trinajstić information content (AvgIpc) is 2.84. The highest BCUT2D eigenvalue weighted by atomic mass is 19.1. The number of hydrogen-bond acceptors (Lipinski definition) is 2. The number of rotatable bonds is 1. The smallest absolute Gasteiger partial charge is 0.147 e. The minimum absolute atomic E-state index is 0.270. The minimum atomic E-state index is -0.270. The highest BCUT2D eigenvalue weighted by Crippen LogP contribution is 2.30. The maximum absolute atomic E-state index is 14.1. The fourth-order valence-corrected chi connectivity index (χ4v) is 2.28. The molecule has 0 aliphatic carbocycles. The van der Waals surface area contributed by atoms with Crippen LogP contribution in [0.25, 0.3) is 22.2 Å². The van der Waals surface area contributed by atoms with Crippen LogP contribution in [-0.4, -0.2) is 14.8 Å². The molecular formula is C14H15FN4. The zero-order chi connectivity index (χ0) is 13.7. The molecule has 0 aliphatic heterocycles. The molecule has 2 aromatic heterocycles. The van der Waals surface area contributed by atoms with E-state index < -0.39 is 0 Å². The summed E-state index contributed by atoms with van der Waals surface area (Å²) in [6, 6.07) is 5.17. The third-order valence-corrected chi connectivity index (χ3v) is 3.58. The number of hydrogen-bond donors (Lipinski definition) is 2. The van der Waals surface area contributed by atoms with E-state index in [1.807, 2.05) is 19.9 Å². The van der Waals surface area contributed by atoms with Gasteiger partial charge in [0.2, 0.25) is 0 Å². The highest BCUT2D eigenvalue weighted by Gasteiger charge is 2.13. The molecule has 0 atom stereocenters. The number of nitrogen functional groups attached to an aromatic ring is 1. The second-order valence-corrected chi connectivity index (χ2v) is 4.83. The lowest BCUT2D eigenvalue weighted by Crippen LogP contribution is -1.96. The Kier molecular flexibility index (Phi) is 2.38. The van der Waals surface area contributed by atoms with E-state index in [1.165, 1.54) is 6.07 Å². The standard InChI is InChI=1S/C14H15FN4/c1-7-8(2)17-14-10(7)4-9(5-11(14)15)12-6-13(16)19(3)18-12/h4-6,17H,16H2,1-3H3. The summed E-state index contributed by atoms with van der Waals surface area (Å²) >= 11 is 0. The number of nitrogens with two attached hydrogens (primary N) is 1. The number of benzene rings is 1. The molecule has 5 heteroatoms. The number of H-pyrrole nitrogens is 1. The summed E-state index contributed by atoms with van der Waals surface area (Å²) in [5.74, 6) is 0.283. The van der Waals surface area contributed by atoms with Crippen LogP contribution in [0.15, 0.2) is 18.2 Å². The van der Waals surface area contributed by atoms with E-state index in [9.17, 15) is 4.39 Å². The SMILES string of the molecule is Cc1[nH]c2c(F)cc(-c3cc(N)n(C)n3)cc2c1C. The number of fused-ring (bicyclic) bond motifs is 1. The molecule has 0 bridgehead atoms. The summed E-state index contributed by atoms with van der Waals surface area (Å²) in [6.07, 6.45) is 0. The second-order valence-electron chi connectivity index (χ2n) is 4.83. The lowest BCUT2D eigenvalue weighted by molar-refractivity contribution is 0.637. The third kappa shape index (κ3) is 1.69. The van der Waals surface area contributed by atoms with Gasteiger partial charge in [0, 0.05) is 29.8 Å². The molecule has 98 valence electrons. The van der Waals surface area contributed by atoms with Gasteiger partial charge in [-0.1, -0.05) is 0 Å². The molecular weight excluding hydrogens is 243 g/mol. The van der Waals surface area contributed by atoms with Gasteiger partial charge in [0.1, 0.15) is 11.6 Å². The molecule has 3 aromatic rings. The molecule has 0 fully saturated rings. The molecule has 0 aliphatic rings. The normalized spacial score (nSPS) is 11.4. The molecule has 2 heterocycles. The fraction of sp³-hybridized carbons (Fsp3) is 0.214. The van der Waals surface area contributed by atoms with Crippen molar-refractivity contribution in [3.05, 3.63) is 35.3 Å². The summed E-state index contributed by atoms with van der Waals surface area (Å²) in [6.45, 7) is 3.91. The van der Waals surface area contributed by atoms with Crippen molar-refractivity contribution in [2.75, 3.05) is 5.73 Å². The van der Waals surface area contributed by atoms with Gasteiger partial charge in [-0.15, -0.1) is 0 Å². The first-order chi connectivity index (χ1) is 8.97. The fourth-order valence-electron chi connectivity index (χ4n) is 2.28. The molecule has 0 saturated carbocycles. The topological polar surface area (TPSA) is 59.6 Å². The Bertz CT molecular complexity index is 763. The molecule has 4 nitrogen and oxygen atoms in total. The third-order valence-electron chi connectivity index (χ3n) is 3.58. The Hall–Kier alpha value is -2.30. The van der Waals surface area contributed by atoms with Crippen molar-refractivity contribution in [3.63, 3.8) is 0 Å². The van der Waals surface area contributed by atoms with Crippen LogP contribution in [0.4, 0.5) is 10.2 Å². The summed E-state index contributed by atoms with van der Waals surface area (Å²) in [7, 11) is 1.76. The Balaban J connectivity index is 2.28. The monoisotopic (exact) mass is 258 g/mol. The zero-order valence-electron chi connectivity index (χ0n) is 11.1. The van der Waals surface area contributed by atoms with Gasteiger partial charge in [0.05, 0.1) is 11.2 Å². The predicted molar refractivity (Wildman–Crippen MR) is 74.3 cm³/mol. The first-order valence-corrected chi connectivity index (χ1v) is 6.05. The van der Waals surface area contributed by atoms with Gasteiger partial charge < -0.3 is 10.7 Å². The van der Waals surface area contributed by atoms with Gasteiger partial charge in [-0.3, -0.25) is 4.68 Å². The van der Waals surface area contributed by atoms with Crippen molar-refractivity contribution < 1.29 is 4.39 Å². The summed E-state index contributed by atoms with van der Waals surface area (Å²) < 4.78 is 15.7. The molecule has 0 spiro atoms. The van der Waals surface area contributed by atoms with E-state index in [0.717, 1.165) is 22.2 Å². The van der Waals surface area contributed by atoms with Crippen molar-refractivity contribution in [1.29, 1.82) is 0 Å². The lowest BCUT2D eigenvalue weighted by Gasteiger charge is -2.00. The first-order valence-electron chi connectivity index (χ1n) is 6.05. The quantitative estimate of drug-likeness (QED) is 0.705. The van der Waals surface area contributed by atoms with E-state index in [1.54, 1.807) is 17.8 Å². The van der Waals surface area contributed by atoms with Crippen molar-refractivity contribution in [1.82, 2.24) is 14.8 Å². The largest absolute Gasteiger partial charge is 0.384 e. The van der Waals surface area contributed by atoms with Crippen LogP contribution < -0.4 is 5.73 Å². The predicted octanol–water partition coefficient (Wildman–Crippen LogP) is 2.91. The van der Waals surface area contributed by atoms with Crippen molar-refractivity contribution in [2.45, 2.75) is 13.8 Å². The van der Waals surface area contributed by atoms with E-state index in [0.29, 0.717) is 17.0 Å². The Morgan fingerprint density at radius 2 is 2.00 bits per heavy atom. The molecule has 0 saturated heterocycles. The van der Waals surface area contributed by atoms with Crippen molar-refractivity contribution in [2.24, 2.45) is 7.05 Å². The van der Waals surface area contributed by atoms with Gasteiger partial charge in [0.15, 0.2) is 0 Å². The summed E-state index contributed by atoms with van der Waals surface area (Å²) in [5, 5.41) is 5.17. The Morgan fingerprint density at radius 3 is 2.63 bits per heavy atom. The van der Waals surface area contributed by atoms with Gasteiger partial charge in [-0.05, 0) is 31.5 Å². The molecule has 19 heavy (non-hydrogen) atoms. The van der Waals surface area contributed by atoms with Crippen LogP contribution in [0.3, 0.4) is 0 Å². The van der Waals surface area contributed by atoms with Crippen LogP contribution in [0.2, 0.25) is 0 Å². The Morgan fingerprint density at radius 1 is 1.26 bits per heavy atom. The molecule has 1 aromatic carbocycles. The second kappa shape index (κ2) is 3.85.